The third kappa shape index (κ3) is 3.14. The van der Waals surface area contributed by atoms with Crippen molar-refractivity contribution in [2.24, 2.45) is 0 Å². The molecule has 7 heteroatoms. The van der Waals surface area contributed by atoms with Crippen molar-refractivity contribution in [3.05, 3.63) is 54.1 Å². The van der Waals surface area contributed by atoms with Crippen LogP contribution in [-0.2, 0) is 10.0 Å². The second-order valence-corrected chi connectivity index (χ2v) is 5.76. The fourth-order valence-corrected chi connectivity index (χ4v) is 3.05. The smallest absolute Gasteiger partial charge is 0.337 e. The fourth-order valence-electron chi connectivity index (χ4n) is 1.80. The summed E-state index contributed by atoms with van der Waals surface area (Å²) in [6.07, 6.45) is 0. The molecule has 0 atom stereocenters. The molecule has 0 aromatic heterocycles. The summed E-state index contributed by atoms with van der Waals surface area (Å²) in [6, 6.07) is 11.9. The van der Waals surface area contributed by atoms with Crippen LogP contribution in [0, 0.1) is 0 Å². The van der Waals surface area contributed by atoms with Gasteiger partial charge in [-0.1, -0.05) is 24.3 Å². The molecule has 0 spiro atoms. The molecule has 0 amide bonds. The minimum Gasteiger partial charge on any atom is -0.495 e. The van der Waals surface area contributed by atoms with Gasteiger partial charge in [-0.15, -0.1) is 0 Å². The van der Waals surface area contributed by atoms with E-state index in [4.69, 9.17) is 9.84 Å². The number of hydrogen-bond donors (Lipinski definition) is 2. The van der Waals surface area contributed by atoms with Crippen LogP contribution in [0.25, 0.3) is 0 Å². The minimum atomic E-state index is -3.95. The van der Waals surface area contributed by atoms with Gasteiger partial charge in [0, 0.05) is 0 Å². The molecular formula is C14H13NO5S. The summed E-state index contributed by atoms with van der Waals surface area (Å²) in [5.41, 5.74) is -0.133. The monoisotopic (exact) mass is 307 g/mol. The zero-order valence-electron chi connectivity index (χ0n) is 11.1. The van der Waals surface area contributed by atoms with Crippen molar-refractivity contribution in [1.29, 1.82) is 0 Å². The Balaban J connectivity index is 2.45. The van der Waals surface area contributed by atoms with Crippen LogP contribution in [0.15, 0.2) is 53.4 Å². The van der Waals surface area contributed by atoms with E-state index in [9.17, 15) is 13.2 Å². The number of ether oxygens (including phenoxy) is 1. The highest BCUT2D eigenvalue weighted by atomic mass is 32.2. The number of benzene rings is 2. The van der Waals surface area contributed by atoms with Crippen LogP contribution in [0.2, 0.25) is 0 Å². The number of aromatic carboxylic acids is 1. The van der Waals surface area contributed by atoms with Crippen LogP contribution < -0.4 is 9.46 Å². The number of carbonyl (C=O) groups is 1. The number of anilines is 1. The van der Waals surface area contributed by atoms with E-state index in [0.717, 1.165) is 0 Å². The Morgan fingerprint density at radius 3 is 2.38 bits per heavy atom. The average Bonchev–Trinajstić information content (AvgIpc) is 2.47. The van der Waals surface area contributed by atoms with E-state index in [2.05, 4.69) is 4.72 Å². The van der Waals surface area contributed by atoms with Gasteiger partial charge in [-0.05, 0) is 24.3 Å². The first-order valence-electron chi connectivity index (χ1n) is 5.94. The van der Waals surface area contributed by atoms with Crippen LogP contribution in [0.3, 0.4) is 0 Å². The largest absolute Gasteiger partial charge is 0.495 e. The van der Waals surface area contributed by atoms with Crippen LogP contribution in [0.1, 0.15) is 10.4 Å². The first-order valence-corrected chi connectivity index (χ1v) is 7.42. The van der Waals surface area contributed by atoms with Gasteiger partial charge >= 0.3 is 5.97 Å². The molecule has 2 rings (SSSR count). The lowest BCUT2D eigenvalue weighted by molar-refractivity contribution is 0.0698. The highest BCUT2D eigenvalue weighted by molar-refractivity contribution is 7.92. The van der Waals surface area contributed by atoms with E-state index >= 15 is 0 Å². The van der Waals surface area contributed by atoms with Crippen LogP contribution in [0.4, 0.5) is 5.69 Å². The quantitative estimate of drug-likeness (QED) is 0.883. The molecule has 0 saturated heterocycles. The van der Waals surface area contributed by atoms with Gasteiger partial charge in [0.25, 0.3) is 10.0 Å². The van der Waals surface area contributed by atoms with E-state index in [1.54, 1.807) is 18.2 Å². The summed E-state index contributed by atoms with van der Waals surface area (Å²) in [4.78, 5) is 11.0. The van der Waals surface area contributed by atoms with Crippen molar-refractivity contribution < 1.29 is 23.1 Å². The Morgan fingerprint density at radius 1 is 1.10 bits per heavy atom. The van der Waals surface area contributed by atoms with E-state index in [1.807, 2.05) is 0 Å². The Labute approximate surface area is 122 Å². The van der Waals surface area contributed by atoms with E-state index in [0.29, 0.717) is 0 Å². The maximum absolute atomic E-state index is 12.4. The highest BCUT2D eigenvalue weighted by Crippen LogP contribution is 2.26. The molecule has 0 saturated carbocycles. The number of rotatable bonds is 5. The Kier molecular flexibility index (Phi) is 4.13. The van der Waals surface area contributed by atoms with Gasteiger partial charge in [0.15, 0.2) is 0 Å². The van der Waals surface area contributed by atoms with Gasteiger partial charge in [0.05, 0.1) is 18.4 Å². The van der Waals surface area contributed by atoms with Crippen molar-refractivity contribution in [2.75, 3.05) is 11.8 Å². The van der Waals surface area contributed by atoms with E-state index in [1.165, 1.54) is 37.4 Å². The topological polar surface area (TPSA) is 92.7 Å². The third-order valence-electron chi connectivity index (χ3n) is 2.76. The molecule has 2 aromatic rings. The van der Waals surface area contributed by atoms with E-state index in [-0.39, 0.29) is 21.9 Å². The lowest BCUT2D eigenvalue weighted by Gasteiger charge is -2.12. The molecular weight excluding hydrogens is 294 g/mol. The second kappa shape index (κ2) is 5.84. The first-order chi connectivity index (χ1) is 9.95. The number of methoxy groups -OCH3 is 1. The third-order valence-corrected chi connectivity index (χ3v) is 4.17. The fraction of sp³-hybridized carbons (Fsp3) is 0.0714. The minimum absolute atomic E-state index is 0.00379. The number of para-hydroxylation sites is 2. The van der Waals surface area contributed by atoms with Crippen LogP contribution >= 0.6 is 0 Å². The lowest BCUT2D eigenvalue weighted by atomic mass is 10.2. The molecule has 0 unspecified atom stereocenters. The SMILES string of the molecule is COc1ccccc1S(=O)(=O)Nc1ccccc1C(=O)O. The number of nitrogens with one attached hydrogen (secondary N) is 1. The number of carboxylic acids is 1. The van der Waals surface area contributed by atoms with Crippen molar-refractivity contribution in [1.82, 2.24) is 0 Å². The normalized spacial score (nSPS) is 10.9. The molecule has 110 valence electrons. The zero-order valence-corrected chi connectivity index (χ0v) is 11.9. The summed E-state index contributed by atoms with van der Waals surface area (Å²) >= 11 is 0. The van der Waals surface area contributed by atoms with Gasteiger partial charge in [0.2, 0.25) is 0 Å². The molecule has 2 aromatic carbocycles. The predicted octanol–water partition coefficient (Wildman–Crippen LogP) is 2.19. The van der Waals surface area contributed by atoms with Gasteiger partial charge in [-0.3, -0.25) is 4.72 Å². The predicted molar refractivity (Wildman–Crippen MR) is 77.2 cm³/mol. The molecule has 0 aliphatic heterocycles. The molecule has 0 heterocycles. The van der Waals surface area contributed by atoms with Crippen molar-refractivity contribution in [3.8, 4) is 5.75 Å². The van der Waals surface area contributed by atoms with Crippen molar-refractivity contribution >= 4 is 21.7 Å². The lowest BCUT2D eigenvalue weighted by Crippen LogP contribution is -2.16. The van der Waals surface area contributed by atoms with Gasteiger partial charge in [-0.25, -0.2) is 13.2 Å². The Hall–Kier alpha value is -2.54. The molecule has 0 bridgehead atoms. The van der Waals surface area contributed by atoms with Gasteiger partial charge in [0.1, 0.15) is 10.6 Å². The van der Waals surface area contributed by atoms with Gasteiger partial charge < -0.3 is 9.84 Å². The first kappa shape index (κ1) is 14.9. The summed E-state index contributed by atoms with van der Waals surface area (Å²) in [5.74, 6) is -1.04. The van der Waals surface area contributed by atoms with E-state index < -0.39 is 16.0 Å². The van der Waals surface area contributed by atoms with Crippen molar-refractivity contribution in [3.63, 3.8) is 0 Å². The maximum atomic E-state index is 12.4. The van der Waals surface area contributed by atoms with Crippen LogP contribution in [-0.4, -0.2) is 26.6 Å². The molecule has 0 aliphatic carbocycles. The molecule has 0 fully saturated rings. The standard InChI is InChI=1S/C14H13NO5S/c1-20-12-8-4-5-9-13(12)21(18,19)15-11-7-3-2-6-10(11)14(16)17/h2-9,15H,1H3,(H,16,17). The molecule has 2 N–H and O–H groups in total. The second-order valence-electron chi connectivity index (χ2n) is 4.11. The summed E-state index contributed by atoms with van der Waals surface area (Å²) < 4.78 is 32.0. The number of hydrogen-bond acceptors (Lipinski definition) is 4. The summed E-state index contributed by atoms with van der Waals surface area (Å²) in [7, 11) is -2.59. The van der Waals surface area contributed by atoms with Crippen LogP contribution in [0.5, 0.6) is 5.75 Å². The molecule has 0 aliphatic rings. The summed E-state index contributed by atoms with van der Waals surface area (Å²) in [6.45, 7) is 0. The highest BCUT2D eigenvalue weighted by Gasteiger charge is 2.21. The molecule has 6 nitrogen and oxygen atoms in total. The van der Waals surface area contributed by atoms with Crippen molar-refractivity contribution in [2.45, 2.75) is 4.90 Å². The van der Waals surface area contributed by atoms with Gasteiger partial charge in [-0.2, -0.15) is 0 Å². The average molecular weight is 307 g/mol. The Morgan fingerprint density at radius 2 is 1.71 bits per heavy atom. The molecule has 21 heavy (non-hydrogen) atoms. The Bertz CT molecular complexity index is 770. The summed E-state index contributed by atoms with van der Waals surface area (Å²) in [5, 5.41) is 9.07. The maximum Gasteiger partial charge on any atom is 0.337 e. The zero-order chi connectivity index (χ0) is 15.5. The molecule has 0 radical (unpaired) electrons. The number of carboxylic acid groups (broad SMARTS) is 1. The number of sulfonamides is 1.